The fourth-order valence-corrected chi connectivity index (χ4v) is 10.7. The Kier molecular flexibility index (Phi) is 67.6. The van der Waals surface area contributed by atoms with Gasteiger partial charge in [0.1, 0.15) is 19.8 Å². The topological polar surface area (TPSA) is 111 Å². The monoisotopic (exact) mass is 1300 g/mol. The molecule has 0 heterocycles. The molecule has 0 aromatic carbocycles. The molecule has 0 aliphatic rings. The van der Waals surface area contributed by atoms with E-state index in [-0.39, 0.29) is 26.1 Å². The normalized spacial score (nSPS) is 14.0. The average Bonchev–Trinajstić information content (AvgIpc) is 2.14. The van der Waals surface area contributed by atoms with E-state index in [0.29, 0.717) is 17.4 Å². The molecule has 0 fully saturated rings. The number of allylic oxidation sites excluding steroid dienone is 26. The first-order valence-corrected chi connectivity index (χ1v) is 38.7. The summed E-state index contributed by atoms with van der Waals surface area (Å²) in [7, 11) is 1.13. The Morgan fingerprint density at radius 3 is 0.880 bits per heavy atom. The molecule has 0 N–H and O–H groups in total. The minimum absolute atomic E-state index is 0.0443. The van der Waals surface area contributed by atoms with Gasteiger partial charge in [-0.25, -0.2) is 0 Å². The minimum atomic E-state index is -4.66. The third kappa shape index (κ3) is 74.7. The Labute approximate surface area is 566 Å². The molecule has 0 aliphatic heterocycles. The fraction of sp³-hybridized carbons (Fsp3) is 0.659. The minimum Gasteiger partial charge on any atom is -0.756 e. The SMILES string of the molecule is CC/C=C\C/C=C\C/C=C\C/C=C\C/C=C\C/C=C\C/C=C\C/C=C\C/C=C\CCCCCC(=O)OC(COC(=O)CCCCCCCCCCCCCCCCCCCCCCCCCC/C=C\C/C=C\C/C=C\C/C=C\CC)COP(=O)([O-])OCC[N+](C)(C)C. The van der Waals surface area contributed by atoms with Gasteiger partial charge in [0, 0.05) is 12.8 Å². The summed E-state index contributed by atoms with van der Waals surface area (Å²) in [4.78, 5) is 38.1. The third-order valence-corrected chi connectivity index (χ3v) is 16.5. The van der Waals surface area contributed by atoms with Gasteiger partial charge < -0.3 is 27.9 Å². The molecule has 92 heavy (non-hydrogen) atoms. The van der Waals surface area contributed by atoms with E-state index in [4.69, 9.17) is 18.5 Å². The molecule has 0 aromatic rings. The molecule has 10 heteroatoms. The van der Waals surface area contributed by atoms with Gasteiger partial charge >= 0.3 is 11.9 Å². The largest absolute Gasteiger partial charge is 0.756 e. The van der Waals surface area contributed by atoms with Crippen LogP contribution in [-0.4, -0.2) is 70.0 Å². The Morgan fingerprint density at radius 2 is 0.587 bits per heavy atom. The van der Waals surface area contributed by atoms with Crippen molar-refractivity contribution >= 4 is 19.8 Å². The number of hydrogen-bond acceptors (Lipinski definition) is 8. The molecule has 524 valence electrons. The van der Waals surface area contributed by atoms with Crippen molar-refractivity contribution in [1.82, 2.24) is 0 Å². The summed E-state index contributed by atoms with van der Waals surface area (Å²) < 4.78 is 34.3. The zero-order valence-corrected chi connectivity index (χ0v) is 60.6. The van der Waals surface area contributed by atoms with Crippen molar-refractivity contribution in [3.05, 3.63) is 158 Å². The van der Waals surface area contributed by atoms with E-state index < -0.39 is 32.5 Å². The van der Waals surface area contributed by atoms with Crippen LogP contribution in [0.3, 0.4) is 0 Å². The second kappa shape index (κ2) is 70.9. The van der Waals surface area contributed by atoms with Crippen molar-refractivity contribution in [2.45, 2.75) is 302 Å². The van der Waals surface area contributed by atoms with Crippen LogP contribution in [0.2, 0.25) is 0 Å². The van der Waals surface area contributed by atoms with Crippen molar-refractivity contribution in [3.63, 3.8) is 0 Å². The molecule has 0 radical (unpaired) electrons. The maximum absolute atomic E-state index is 12.9. The molecule has 0 aliphatic carbocycles. The molecule has 0 amide bonds. The second-order valence-corrected chi connectivity index (χ2v) is 27.0. The lowest BCUT2D eigenvalue weighted by Gasteiger charge is -2.28. The van der Waals surface area contributed by atoms with Gasteiger partial charge in [-0.15, -0.1) is 0 Å². The van der Waals surface area contributed by atoms with Crippen LogP contribution in [0.25, 0.3) is 0 Å². The van der Waals surface area contributed by atoms with E-state index in [1.807, 2.05) is 21.1 Å². The van der Waals surface area contributed by atoms with Gasteiger partial charge in [0.25, 0.3) is 7.82 Å². The van der Waals surface area contributed by atoms with Crippen LogP contribution in [0.5, 0.6) is 0 Å². The van der Waals surface area contributed by atoms with Gasteiger partial charge in [-0.3, -0.25) is 14.2 Å². The number of quaternary nitrogens is 1. The highest BCUT2D eigenvalue weighted by molar-refractivity contribution is 7.45. The van der Waals surface area contributed by atoms with Crippen molar-refractivity contribution in [2.24, 2.45) is 0 Å². The maximum atomic E-state index is 12.9. The molecule has 0 saturated heterocycles. The first kappa shape index (κ1) is 87.6. The number of carbonyl (C=O) groups excluding carboxylic acids is 2. The van der Waals surface area contributed by atoms with Crippen molar-refractivity contribution in [3.8, 4) is 0 Å². The number of esters is 2. The molecule has 0 bridgehead atoms. The molecule has 0 spiro atoms. The summed E-state index contributed by atoms with van der Waals surface area (Å²) in [5, 5.41) is 0. The highest BCUT2D eigenvalue weighted by Crippen LogP contribution is 2.38. The summed E-state index contributed by atoms with van der Waals surface area (Å²) >= 11 is 0. The first-order valence-electron chi connectivity index (χ1n) is 37.2. The van der Waals surface area contributed by atoms with Crippen LogP contribution in [0, 0.1) is 0 Å². The number of nitrogens with zero attached hydrogens (tertiary/aromatic N) is 1. The number of phosphoric acid groups is 1. The fourth-order valence-electron chi connectivity index (χ4n) is 9.94. The highest BCUT2D eigenvalue weighted by Gasteiger charge is 2.22. The van der Waals surface area contributed by atoms with Crippen LogP contribution in [-0.2, 0) is 32.7 Å². The third-order valence-electron chi connectivity index (χ3n) is 15.5. The molecule has 0 rings (SSSR count). The lowest BCUT2D eigenvalue weighted by Crippen LogP contribution is -2.37. The molecular weight excluding hydrogens is 1160 g/mol. The van der Waals surface area contributed by atoms with Crippen LogP contribution in [0.4, 0.5) is 0 Å². The van der Waals surface area contributed by atoms with Gasteiger partial charge in [-0.1, -0.05) is 320 Å². The Bertz CT molecular complexity index is 2110. The number of ether oxygens (including phenoxy) is 2. The molecule has 9 nitrogen and oxygen atoms in total. The van der Waals surface area contributed by atoms with E-state index in [1.54, 1.807) is 0 Å². The number of carbonyl (C=O) groups is 2. The van der Waals surface area contributed by atoms with E-state index >= 15 is 0 Å². The van der Waals surface area contributed by atoms with Crippen molar-refractivity contribution in [2.75, 3.05) is 47.5 Å². The highest BCUT2D eigenvalue weighted by atomic mass is 31.2. The molecular formula is C82H138NO8P. The number of likely N-dealkylation sites (N-methyl/N-ethyl adjacent to an activating group) is 1. The lowest BCUT2D eigenvalue weighted by molar-refractivity contribution is -0.870. The standard InChI is InChI=1S/C82H138NO8P/c1-6-8-10-12-14-16-18-20-22-24-26-28-30-32-34-36-38-39-40-41-42-43-45-46-48-50-52-54-56-58-60-62-64-66-68-70-72-74-81(84)88-78-80(79-90-92(86,87)89-77-76-83(3,4)5)91-82(85)75-73-71-69-67-65-63-61-59-57-55-53-51-49-47-44-37-35-33-31-29-27-25-23-21-19-17-15-13-11-9-7-2/h8-11,14-17,20-23,26-29,33,35,44,47,51,53,57,59,63,65,80H,6-7,12-13,18-19,24-25,30-32,34,36-43,45-46,48-50,52,54-56,58,60-62,64,66-79H2,1-5H3/b10-8-,11-9-,16-14-,17-15-,22-20-,23-21-,28-26-,29-27-,35-33-,47-44-,53-51-,59-57-,65-63-. The predicted octanol–water partition coefficient (Wildman–Crippen LogP) is 24.1. The average molecular weight is 1300 g/mol. The Hall–Kier alpha value is -4.37. The van der Waals surface area contributed by atoms with Gasteiger partial charge in [0.05, 0.1) is 27.7 Å². The summed E-state index contributed by atoms with van der Waals surface area (Å²) in [6.45, 7) is 3.98. The van der Waals surface area contributed by atoms with E-state index in [2.05, 4.69) is 172 Å². The zero-order chi connectivity index (χ0) is 66.9. The van der Waals surface area contributed by atoms with Crippen LogP contribution in [0.1, 0.15) is 296 Å². The number of phosphoric ester groups is 1. The zero-order valence-electron chi connectivity index (χ0n) is 59.7. The smallest absolute Gasteiger partial charge is 0.306 e. The van der Waals surface area contributed by atoms with Crippen LogP contribution >= 0.6 is 7.82 Å². The summed E-state index contributed by atoms with van der Waals surface area (Å²) in [6, 6.07) is 0. The van der Waals surface area contributed by atoms with Gasteiger partial charge in [-0.05, 0) is 122 Å². The number of unbranched alkanes of at least 4 members (excludes halogenated alkanes) is 27. The number of hydrogen-bond donors (Lipinski definition) is 0. The van der Waals surface area contributed by atoms with E-state index in [0.717, 1.165) is 122 Å². The predicted molar refractivity (Wildman–Crippen MR) is 397 cm³/mol. The summed E-state index contributed by atoms with van der Waals surface area (Å²) in [5.74, 6) is -0.872. The summed E-state index contributed by atoms with van der Waals surface area (Å²) in [6.07, 6.45) is 106. The summed E-state index contributed by atoms with van der Waals surface area (Å²) in [5.41, 5.74) is 0. The first-order chi connectivity index (χ1) is 45.0. The quantitative estimate of drug-likeness (QED) is 0.0195. The van der Waals surface area contributed by atoms with Crippen molar-refractivity contribution < 1.29 is 42.1 Å². The Morgan fingerprint density at radius 1 is 0.337 bits per heavy atom. The Balaban J connectivity index is 4.07. The van der Waals surface area contributed by atoms with Crippen LogP contribution in [0.15, 0.2) is 158 Å². The second-order valence-electron chi connectivity index (χ2n) is 25.5. The maximum Gasteiger partial charge on any atom is 0.306 e. The lowest BCUT2D eigenvalue weighted by atomic mass is 10.0. The van der Waals surface area contributed by atoms with Crippen molar-refractivity contribution in [1.29, 1.82) is 0 Å². The molecule has 2 unspecified atom stereocenters. The van der Waals surface area contributed by atoms with Gasteiger partial charge in [-0.2, -0.15) is 0 Å². The molecule has 0 aromatic heterocycles. The molecule has 2 atom stereocenters. The number of rotatable bonds is 67. The van der Waals surface area contributed by atoms with Gasteiger partial charge in [0.15, 0.2) is 6.10 Å². The molecule has 0 saturated carbocycles. The van der Waals surface area contributed by atoms with E-state index in [1.165, 1.54) is 141 Å². The van der Waals surface area contributed by atoms with Gasteiger partial charge in [0.2, 0.25) is 0 Å². The van der Waals surface area contributed by atoms with E-state index in [9.17, 15) is 19.0 Å². The van der Waals surface area contributed by atoms with Crippen LogP contribution < -0.4 is 4.89 Å².